The van der Waals surface area contributed by atoms with Gasteiger partial charge in [0, 0.05) is 12.7 Å². The van der Waals surface area contributed by atoms with Crippen molar-refractivity contribution >= 4 is 11.6 Å². The quantitative estimate of drug-likeness (QED) is 0.785. The van der Waals surface area contributed by atoms with Crippen molar-refractivity contribution in [3.8, 4) is 11.8 Å². The highest BCUT2D eigenvalue weighted by Gasteiger charge is 2.48. The molecule has 1 aromatic rings. The van der Waals surface area contributed by atoms with E-state index in [0.29, 0.717) is 23.6 Å². The number of nitrogens with one attached hydrogen (secondary N) is 1. The van der Waals surface area contributed by atoms with Crippen molar-refractivity contribution in [2.75, 3.05) is 11.9 Å². The zero-order chi connectivity index (χ0) is 17.7. The van der Waals surface area contributed by atoms with E-state index in [0.717, 1.165) is 19.3 Å². The summed E-state index contributed by atoms with van der Waals surface area (Å²) in [5.41, 5.74) is 0.0391. The monoisotopic (exact) mass is 330 g/mol. The molecule has 1 amide bonds. The molecule has 0 saturated heterocycles. The molecular formula is C19H26N2O3. The third-order valence-electron chi connectivity index (χ3n) is 4.52. The summed E-state index contributed by atoms with van der Waals surface area (Å²) >= 11 is 0. The molecule has 1 aliphatic rings. The van der Waals surface area contributed by atoms with Gasteiger partial charge in [-0.25, -0.2) is 0 Å². The van der Waals surface area contributed by atoms with E-state index in [1.165, 1.54) is 0 Å². The van der Waals surface area contributed by atoms with Crippen LogP contribution in [-0.4, -0.2) is 24.2 Å². The molecule has 2 unspecified atom stereocenters. The minimum atomic E-state index is -0.840. The molecule has 0 aromatic heterocycles. The van der Waals surface area contributed by atoms with Crippen molar-refractivity contribution in [2.45, 2.75) is 58.7 Å². The molecule has 1 N–H and O–H groups in total. The van der Waals surface area contributed by atoms with E-state index >= 15 is 0 Å². The van der Waals surface area contributed by atoms with Gasteiger partial charge in [0.2, 0.25) is 0 Å². The maximum absolute atomic E-state index is 12.7. The summed E-state index contributed by atoms with van der Waals surface area (Å²) in [7, 11) is 0. The van der Waals surface area contributed by atoms with Crippen LogP contribution >= 0.6 is 0 Å². The number of benzene rings is 1. The Hall–Kier alpha value is -2.06. The number of amides is 1. The second kappa shape index (κ2) is 7.67. The molecule has 1 saturated carbocycles. The molecule has 1 fully saturated rings. The highest BCUT2D eigenvalue weighted by atomic mass is 16.5. The molecule has 2 atom stereocenters. The fourth-order valence-corrected chi connectivity index (χ4v) is 2.66. The molecule has 24 heavy (non-hydrogen) atoms. The fraction of sp³-hybridized carbons (Fsp3) is 0.579. The lowest BCUT2D eigenvalue weighted by molar-refractivity contribution is -0.141. The SMILES string of the molecule is CCOC(C)(C(=O)Nc1ccc(OC(C)CC)cc1C#N)C1CC1. The number of hydrogen-bond donors (Lipinski definition) is 1. The van der Waals surface area contributed by atoms with Crippen LogP contribution in [0, 0.1) is 17.2 Å². The van der Waals surface area contributed by atoms with Crippen molar-refractivity contribution in [3.63, 3.8) is 0 Å². The van der Waals surface area contributed by atoms with Crippen LogP contribution in [0.1, 0.15) is 52.5 Å². The van der Waals surface area contributed by atoms with E-state index in [1.54, 1.807) is 18.2 Å². The Morgan fingerprint density at radius 2 is 2.17 bits per heavy atom. The van der Waals surface area contributed by atoms with Gasteiger partial charge in [0.05, 0.1) is 17.4 Å². The first-order valence-corrected chi connectivity index (χ1v) is 8.60. The predicted molar refractivity (Wildman–Crippen MR) is 92.9 cm³/mol. The van der Waals surface area contributed by atoms with Gasteiger partial charge in [0.1, 0.15) is 17.4 Å². The van der Waals surface area contributed by atoms with Crippen molar-refractivity contribution in [1.29, 1.82) is 5.26 Å². The second-order valence-electron chi connectivity index (χ2n) is 6.42. The smallest absolute Gasteiger partial charge is 0.256 e. The van der Waals surface area contributed by atoms with Gasteiger partial charge < -0.3 is 14.8 Å². The summed E-state index contributed by atoms with van der Waals surface area (Å²) in [6.07, 6.45) is 2.95. The Morgan fingerprint density at radius 1 is 1.46 bits per heavy atom. The summed E-state index contributed by atoms with van der Waals surface area (Å²) in [6, 6.07) is 7.28. The summed E-state index contributed by atoms with van der Waals surface area (Å²) in [5, 5.41) is 12.2. The van der Waals surface area contributed by atoms with Crippen LogP contribution in [0.4, 0.5) is 5.69 Å². The molecule has 0 aliphatic heterocycles. The van der Waals surface area contributed by atoms with Gasteiger partial charge in [-0.15, -0.1) is 0 Å². The molecular weight excluding hydrogens is 304 g/mol. The van der Waals surface area contributed by atoms with E-state index in [-0.39, 0.29) is 17.9 Å². The minimum Gasteiger partial charge on any atom is -0.491 e. The molecule has 0 spiro atoms. The number of hydrogen-bond acceptors (Lipinski definition) is 4. The van der Waals surface area contributed by atoms with Gasteiger partial charge in [0.15, 0.2) is 0 Å². The number of nitriles is 1. The van der Waals surface area contributed by atoms with Crippen LogP contribution in [0.5, 0.6) is 5.75 Å². The van der Waals surface area contributed by atoms with Crippen molar-refractivity contribution in [2.24, 2.45) is 5.92 Å². The number of nitrogens with zero attached hydrogens (tertiary/aromatic N) is 1. The van der Waals surface area contributed by atoms with Gasteiger partial charge in [0.25, 0.3) is 5.91 Å². The lowest BCUT2D eigenvalue weighted by atomic mass is 9.98. The predicted octanol–water partition coefficient (Wildman–Crippen LogP) is 3.88. The topological polar surface area (TPSA) is 71.3 Å². The van der Waals surface area contributed by atoms with Crippen LogP contribution < -0.4 is 10.1 Å². The van der Waals surface area contributed by atoms with E-state index in [9.17, 15) is 10.1 Å². The summed E-state index contributed by atoms with van der Waals surface area (Å²) in [6.45, 7) is 8.21. The van der Waals surface area contributed by atoms with Crippen LogP contribution in [0.3, 0.4) is 0 Å². The maximum atomic E-state index is 12.7. The first-order valence-electron chi connectivity index (χ1n) is 8.60. The largest absolute Gasteiger partial charge is 0.491 e. The van der Waals surface area contributed by atoms with E-state index < -0.39 is 5.60 Å². The average molecular weight is 330 g/mol. The molecule has 1 aliphatic carbocycles. The van der Waals surface area contributed by atoms with Gasteiger partial charge in [-0.1, -0.05) is 6.92 Å². The molecule has 5 heteroatoms. The Kier molecular flexibility index (Phi) is 5.84. The lowest BCUT2D eigenvalue weighted by Crippen LogP contribution is -2.45. The Balaban J connectivity index is 2.16. The number of ether oxygens (including phenoxy) is 2. The van der Waals surface area contributed by atoms with Crippen molar-refractivity contribution in [1.82, 2.24) is 0 Å². The van der Waals surface area contributed by atoms with Crippen LogP contribution in [0.15, 0.2) is 18.2 Å². The number of anilines is 1. The van der Waals surface area contributed by atoms with Crippen molar-refractivity contribution in [3.05, 3.63) is 23.8 Å². The molecule has 1 aromatic carbocycles. The highest BCUT2D eigenvalue weighted by molar-refractivity contribution is 5.98. The van der Waals surface area contributed by atoms with Crippen molar-refractivity contribution < 1.29 is 14.3 Å². The number of carbonyl (C=O) groups excluding carboxylic acids is 1. The lowest BCUT2D eigenvalue weighted by Gasteiger charge is -2.28. The first-order chi connectivity index (χ1) is 11.4. The third kappa shape index (κ3) is 4.07. The number of carbonyl (C=O) groups is 1. The van der Waals surface area contributed by atoms with E-state index in [2.05, 4.69) is 11.4 Å². The summed E-state index contributed by atoms with van der Waals surface area (Å²) < 4.78 is 11.5. The average Bonchev–Trinajstić information content (AvgIpc) is 3.41. The molecule has 0 heterocycles. The van der Waals surface area contributed by atoms with E-state index in [4.69, 9.17) is 9.47 Å². The van der Waals surface area contributed by atoms with Crippen LogP contribution in [0.2, 0.25) is 0 Å². The zero-order valence-electron chi connectivity index (χ0n) is 14.9. The normalized spacial score (nSPS) is 17.5. The van der Waals surface area contributed by atoms with E-state index in [1.807, 2.05) is 27.7 Å². The third-order valence-corrected chi connectivity index (χ3v) is 4.52. The molecule has 130 valence electrons. The Bertz CT molecular complexity index is 634. The zero-order valence-corrected chi connectivity index (χ0v) is 14.9. The summed E-state index contributed by atoms with van der Waals surface area (Å²) in [5.74, 6) is 0.684. The van der Waals surface area contributed by atoms with Crippen LogP contribution in [0.25, 0.3) is 0 Å². The Labute approximate surface area is 144 Å². The Morgan fingerprint density at radius 3 is 2.71 bits per heavy atom. The maximum Gasteiger partial charge on any atom is 0.256 e. The van der Waals surface area contributed by atoms with Gasteiger partial charge >= 0.3 is 0 Å². The highest BCUT2D eigenvalue weighted by Crippen LogP contribution is 2.42. The van der Waals surface area contributed by atoms with Gasteiger partial charge in [-0.05, 0) is 58.1 Å². The van der Waals surface area contributed by atoms with Crippen LogP contribution in [-0.2, 0) is 9.53 Å². The molecule has 5 nitrogen and oxygen atoms in total. The molecule has 0 radical (unpaired) electrons. The van der Waals surface area contributed by atoms with Gasteiger partial charge in [-0.3, -0.25) is 4.79 Å². The summed E-state index contributed by atoms with van der Waals surface area (Å²) in [4.78, 5) is 12.7. The second-order valence-corrected chi connectivity index (χ2v) is 6.42. The molecule has 2 rings (SSSR count). The first kappa shape index (κ1) is 18.3. The minimum absolute atomic E-state index is 0.0769. The standard InChI is InChI=1S/C19H26N2O3/c1-5-13(3)24-16-9-10-17(14(11-16)12-20)21-18(22)19(4,23-6-2)15-7-8-15/h9-11,13,15H,5-8H2,1-4H3,(H,21,22). The number of rotatable bonds is 8. The van der Waals surface area contributed by atoms with Gasteiger partial charge in [-0.2, -0.15) is 5.26 Å². The molecule has 0 bridgehead atoms. The fourth-order valence-electron chi connectivity index (χ4n) is 2.66.